The number of pyridine rings is 1. The second-order valence-corrected chi connectivity index (χ2v) is 5.36. The van der Waals surface area contributed by atoms with Crippen LogP contribution in [0.3, 0.4) is 0 Å². The van der Waals surface area contributed by atoms with Gasteiger partial charge in [-0.05, 0) is 23.8 Å². The van der Waals surface area contributed by atoms with Gasteiger partial charge in [0.05, 0.1) is 26.4 Å². The molecule has 1 heterocycles. The fourth-order valence-corrected chi connectivity index (χ4v) is 2.21. The van der Waals surface area contributed by atoms with Gasteiger partial charge in [-0.25, -0.2) is 9.37 Å². The number of rotatable bonds is 12. The van der Waals surface area contributed by atoms with Gasteiger partial charge < -0.3 is 19.5 Å². The lowest BCUT2D eigenvalue weighted by Gasteiger charge is -2.10. The normalized spacial score (nSPS) is 11.0. The van der Waals surface area contributed by atoms with E-state index in [-0.39, 0.29) is 6.61 Å². The number of benzene rings is 1. The molecule has 6 heteroatoms. The zero-order chi connectivity index (χ0) is 18.5. The van der Waals surface area contributed by atoms with Crippen molar-refractivity contribution < 1.29 is 18.6 Å². The summed E-state index contributed by atoms with van der Waals surface area (Å²) in [7, 11) is 1.84. The number of nitrogens with one attached hydrogen (secondary N) is 1. The molecule has 5 nitrogen and oxygen atoms in total. The van der Waals surface area contributed by atoms with Crippen molar-refractivity contribution in [2.24, 2.45) is 0 Å². The molecule has 0 saturated carbocycles. The van der Waals surface area contributed by atoms with Crippen molar-refractivity contribution in [1.29, 1.82) is 0 Å². The van der Waals surface area contributed by atoms with Gasteiger partial charge in [0.15, 0.2) is 0 Å². The number of hydrogen-bond donors (Lipinski definition) is 1. The number of ether oxygens (including phenoxy) is 3. The summed E-state index contributed by atoms with van der Waals surface area (Å²) in [6.45, 7) is 1.36. The minimum Gasteiger partial charge on any atom is -0.491 e. The summed E-state index contributed by atoms with van der Waals surface area (Å²) >= 11 is 0. The molecule has 0 fully saturated rings. The van der Waals surface area contributed by atoms with Crippen molar-refractivity contribution in [3.63, 3.8) is 0 Å². The Balaban J connectivity index is 1.82. The van der Waals surface area contributed by atoms with E-state index in [1.54, 1.807) is 6.20 Å². The quantitative estimate of drug-likeness (QED) is 0.585. The average Bonchev–Trinajstić information content (AvgIpc) is 2.69. The molecule has 0 unspecified atom stereocenters. The van der Waals surface area contributed by atoms with Gasteiger partial charge in [0.25, 0.3) is 0 Å². The minimum atomic E-state index is -0.469. The zero-order valence-corrected chi connectivity index (χ0v) is 15.0. The van der Waals surface area contributed by atoms with Crippen molar-refractivity contribution in [2.75, 3.05) is 52.1 Å². The molecule has 0 radical (unpaired) electrons. The maximum atomic E-state index is 11.9. The predicted octanol–water partition coefficient (Wildman–Crippen LogP) is 3.68. The number of para-hydroxylation sites is 1. The van der Waals surface area contributed by atoms with Crippen molar-refractivity contribution >= 4 is 18.0 Å². The van der Waals surface area contributed by atoms with Crippen LogP contribution in [-0.2, 0) is 9.47 Å². The maximum Gasteiger partial charge on any atom is 0.126 e. The molecule has 0 amide bonds. The molecule has 0 aliphatic carbocycles. The van der Waals surface area contributed by atoms with E-state index >= 15 is 0 Å². The van der Waals surface area contributed by atoms with Gasteiger partial charge in [-0.15, -0.1) is 0 Å². The molecular formula is C20H25FN2O3. The van der Waals surface area contributed by atoms with Crippen molar-refractivity contribution in [2.45, 2.75) is 0 Å². The van der Waals surface area contributed by atoms with Gasteiger partial charge >= 0.3 is 0 Å². The van der Waals surface area contributed by atoms with E-state index < -0.39 is 6.67 Å². The highest BCUT2D eigenvalue weighted by Crippen LogP contribution is 2.21. The number of halogens is 1. The second kappa shape index (κ2) is 12.0. The summed E-state index contributed by atoms with van der Waals surface area (Å²) in [5.41, 5.74) is 2.04. The molecule has 0 aliphatic rings. The highest BCUT2D eigenvalue weighted by Gasteiger charge is 2.00. The summed E-state index contributed by atoms with van der Waals surface area (Å²) in [5, 5.41) is 3.02. The number of anilines is 1. The molecule has 2 aromatic rings. The standard InChI is InChI=1S/C20H25FN2O3/c1-22-20-16-17(8-10-23-20)6-7-18-4-2-3-5-19(18)26-15-14-25-13-12-24-11-9-21/h2-8,10,16H,9,11-15H2,1H3,(H,22,23). The van der Waals surface area contributed by atoms with Crippen LogP contribution >= 0.6 is 0 Å². The van der Waals surface area contributed by atoms with Gasteiger partial charge in [0.2, 0.25) is 0 Å². The van der Waals surface area contributed by atoms with E-state index in [2.05, 4.69) is 10.3 Å². The van der Waals surface area contributed by atoms with Crippen LogP contribution < -0.4 is 10.1 Å². The summed E-state index contributed by atoms with van der Waals surface area (Å²) in [5.74, 6) is 1.62. The van der Waals surface area contributed by atoms with E-state index in [0.717, 1.165) is 22.7 Å². The Morgan fingerprint density at radius 1 is 1.00 bits per heavy atom. The maximum absolute atomic E-state index is 11.9. The van der Waals surface area contributed by atoms with E-state index in [1.807, 2.05) is 55.6 Å². The number of alkyl halides is 1. The summed E-state index contributed by atoms with van der Waals surface area (Å²) in [6.07, 6.45) is 5.79. The topological polar surface area (TPSA) is 52.6 Å². The predicted molar refractivity (Wildman–Crippen MR) is 102 cm³/mol. The first-order valence-electron chi connectivity index (χ1n) is 8.58. The van der Waals surface area contributed by atoms with Crippen LogP contribution in [0.2, 0.25) is 0 Å². The van der Waals surface area contributed by atoms with Gasteiger partial charge in [-0.2, -0.15) is 0 Å². The molecule has 2 rings (SSSR count). The lowest BCUT2D eigenvalue weighted by Crippen LogP contribution is -2.11. The Bertz CT molecular complexity index is 680. The Kier molecular flexibility index (Phi) is 9.18. The molecule has 26 heavy (non-hydrogen) atoms. The molecular weight excluding hydrogens is 335 g/mol. The van der Waals surface area contributed by atoms with Crippen LogP contribution in [0.1, 0.15) is 11.1 Å². The first kappa shape index (κ1) is 19.9. The molecule has 140 valence electrons. The van der Waals surface area contributed by atoms with Crippen LogP contribution in [0, 0.1) is 0 Å². The second-order valence-electron chi connectivity index (χ2n) is 5.36. The Morgan fingerprint density at radius 2 is 1.77 bits per heavy atom. The van der Waals surface area contributed by atoms with Gasteiger partial charge in [-0.3, -0.25) is 0 Å². The summed E-state index contributed by atoms with van der Waals surface area (Å²) in [6, 6.07) is 11.7. The van der Waals surface area contributed by atoms with E-state index in [9.17, 15) is 4.39 Å². The highest BCUT2D eigenvalue weighted by atomic mass is 19.1. The van der Waals surface area contributed by atoms with E-state index in [1.165, 1.54) is 0 Å². The number of nitrogens with zero attached hydrogens (tertiary/aromatic N) is 1. The van der Waals surface area contributed by atoms with Gasteiger partial charge in [-0.1, -0.05) is 30.4 Å². The summed E-state index contributed by atoms with van der Waals surface area (Å²) in [4.78, 5) is 4.20. The summed E-state index contributed by atoms with van der Waals surface area (Å²) < 4.78 is 28.0. The number of hydrogen-bond acceptors (Lipinski definition) is 5. The van der Waals surface area contributed by atoms with Crippen molar-refractivity contribution in [1.82, 2.24) is 4.98 Å². The molecule has 0 aliphatic heterocycles. The smallest absolute Gasteiger partial charge is 0.126 e. The van der Waals surface area contributed by atoms with Crippen LogP contribution in [-0.4, -0.2) is 51.7 Å². The molecule has 1 N–H and O–H groups in total. The molecule has 0 bridgehead atoms. The average molecular weight is 360 g/mol. The Labute approximate surface area is 153 Å². The van der Waals surface area contributed by atoms with E-state index in [0.29, 0.717) is 26.4 Å². The molecule has 0 spiro atoms. The van der Waals surface area contributed by atoms with Gasteiger partial charge in [0.1, 0.15) is 24.8 Å². The highest BCUT2D eigenvalue weighted by molar-refractivity contribution is 5.73. The first-order chi connectivity index (χ1) is 12.8. The molecule has 1 aromatic carbocycles. The number of aromatic nitrogens is 1. The fourth-order valence-electron chi connectivity index (χ4n) is 2.21. The fraction of sp³-hybridized carbons (Fsp3) is 0.350. The minimum absolute atomic E-state index is 0.118. The van der Waals surface area contributed by atoms with Crippen LogP contribution in [0.15, 0.2) is 42.6 Å². The largest absolute Gasteiger partial charge is 0.491 e. The van der Waals surface area contributed by atoms with Crippen LogP contribution in [0.25, 0.3) is 12.2 Å². The lowest BCUT2D eigenvalue weighted by molar-refractivity contribution is 0.0325. The lowest BCUT2D eigenvalue weighted by atomic mass is 10.1. The molecule has 0 atom stereocenters. The first-order valence-corrected chi connectivity index (χ1v) is 8.58. The van der Waals surface area contributed by atoms with Crippen molar-refractivity contribution in [3.05, 3.63) is 53.7 Å². The monoisotopic (exact) mass is 360 g/mol. The van der Waals surface area contributed by atoms with Crippen molar-refractivity contribution in [3.8, 4) is 5.75 Å². The third-order valence-electron chi connectivity index (χ3n) is 3.49. The molecule has 0 saturated heterocycles. The van der Waals surface area contributed by atoms with E-state index in [4.69, 9.17) is 14.2 Å². The zero-order valence-electron chi connectivity index (χ0n) is 15.0. The third kappa shape index (κ3) is 7.21. The van der Waals surface area contributed by atoms with Gasteiger partial charge in [0, 0.05) is 18.8 Å². The Morgan fingerprint density at radius 3 is 2.58 bits per heavy atom. The molecule has 1 aromatic heterocycles. The SMILES string of the molecule is CNc1cc(C=Cc2ccccc2OCCOCCOCCF)ccn1. The Hall–Kier alpha value is -2.44. The third-order valence-corrected chi connectivity index (χ3v) is 3.49. The van der Waals surface area contributed by atoms with Crippen LogP contribution in [0.5, 0.6) is 5.75 Å². The van der Waals surface area contributed by atoms with Crippen LogP contribution in [0.4, 0.5) is 10.2 Å².